The van der Waals surface area contributed by atoms with Gasteiger partial charge < -0.3 is 0 Å². The molecule has 0 bridgehead atoms. The molecule has 7 heavy (non-hydrogen) atoms. The van der Waals surface area contributed by atoms with Gasteiger partial charge in [0.2, 0.25) is 0 Å². The monoisotopic (exact) mass is 114 g/mol. The molecular formula is C6H14Si. The van der Waals surface area contributed by atoms with Crippen LogP contribution in [0.15, 0.2) is 25.3 Å². The van der Waals surface area contributed by atoms with E-state index in [1.165, 1.54) is 16.3 Å². The van der Waals surface area contributed by atoms with Gasteiger partial charge in [-0.25, -0.2) is 0 Å². The van der Waals surface area contributed by atoms with Crippen molar-refractivity contribution in [3.05, 3.63) is 25.3 Å². The smallest absolute Gasteiger partial charge is 0.00753 e. The molecule has 0 aromatic rings. The quantitative estimate of drug-likeness (QED) is 0.354. The molecule has 0 saturated carbocycles. The van der Waals surface area contributed by atoms with Crippen LogP contribution in [0.1, 0.15) is 6.92 Å². The zero-order valence-electron chi connectivity index (χ0n) is 5.28. The van der Waals surface area contributed by atoms with E-state index in [9.17, 15) is 0 Å². The lowest BCUT2D eigenvalue weighted by atomic mass is 10.8. The summed E-state index contributed by atoms with van der Waals surface area (Å²) in [5.74, 6) is 0. The summed E-state index contributed by atoms with van der Waals surface area (Å²) in [5.41, 5.74) is 0. The summed E-state index contributed by atoms with van der Waals surface area (Å²) in [6.45, 7) is 8.76. The van der Waals surface area contributed by atoms with Gasteiger partial charge in [0.15, 0.2) is 0 Å². The van der Waals surface area contributed by atoms with Gasteiger partial charge >= 0.3 is 0 Å². The molecule has 0 aliphatic rings. The molecule has 0 spiro atoms. The molecule has 0 amide bonds. The molecule has 0 atom stereocenters. The van der Waals surface area contributed by atoms with Crippen LogP contribution in [0.5, 0.6) is 0 Å². The van der Waals surface area contributed by atoms with Gasteiger partial charge in [0, 0.05) is 10.2 Å². The molecule has 0 rings (SSSR count). The molecule has 1 heteroatoms. The lowest BCUT2D eigenvalue weighted by Crippen LogP contribution is -1.47. The topological polar surface area (TPSA) is 0 Å². The Morgan fingerprint density at radius 3 is 1.71 bits per heavy atom. The summed E-state index contributed by atoms with van der Waals surface area (Å²) < 4.78 is 0. The van der Waals surface area contributed by atoms with E-state index in [0.29, 0.717) is 0 Å². The summed E-state index contributed by atoms with van der Waals surface area (Å²) in [4.78, 5) is 0. The van der Waals surface area contributed by atoms with E-state index >= 15 is 0 Å². The molecule has 0 radical (unpaired) electrons. The van der Waals surface area contributed by atoms with E-state index < -0.39 is 0 Å². The van der Waals surface area contributed by atoms with Crippen molar-refractivity contribution in [1.29, 1.82) is 0 Å². The first-order chi connectivity index (χ1) is 3.33. The molecular weight excluding hydrogens is 100 g/mol. The Morgan fingerprint density at radius 2 is 1.71 bits per heavy atom. The van der Waals surface area contributed by atoms with Gasteiger partial charge in [0.05, 0.1) is 0 Å². The van der Waals surface area contributed by atoms with Crippen LogP contribution in [0, 0.1) is 0 Å². The Bertz CT molecular complexity index is 39.4. The molecule has 0 nitrogen and oxygen atoms in total. The van der Waals surface area contributed by atoms with Crippen LogP contribution in [0.2, 0.25) is 6.04 Å². The molecule has 0 unspecified atom stereocenters. The summed E-state index contributed by atoms with van der Waals surface area (Å²) in [7, 11) is 1.27. The number of rotatable bonds is 1. The molecule has 0 heterocycles. The molecule has 0 fully saturated rings. The minimum Gasteiger partial charge on any atom is -0.103 e. The molecule has 0 aromatic heterocycles. The molecule has 0 aromatic carbocycles. The zero-order valence-corrected chi connectivity index (χ0v) is 7.28. The fourth-order valence-corrected chi connectivity index (χ4v) is 0. The second-order valence-corrected chi connectivity index (χ2v) is 1.92. The van der Waals surface area contributed by atoms with E-state index in [1.807, 2.05) is 13.0 Å². The molecule has 0 aliphatic heterocycles. The Morgan fingerprint density at radius 1 is 1.57 bits per heavy atom. The lowest BCUT2D eigenvalue weighted by Gasteiger charge is -1.57. The predicted octanol–water partition coefficient (Wildman–Crippen LogP) is 1.15. The van der Waals surface area contributed by atoms with E-state index in [4.69, 9.17) is 0 Å². The summed E-state index contributed by atoms with van der Waals surface area (Å²) in [6.07, 6.45) is 3.69. The maximum atomic E-state index is 3.51. The second-order valence-electron chi connectivity index (χ2n) is 1.11. The van der Waals surface area contributed by atoms with Gasteiger partial charge in [-0.2, -0.15) is 0 Å². The molecule has 0 aliphatic carbocycles. The number of hydrogen-bond donors (Lipinski definition) is 0. The normalized spacial score (nSPS) is 5.86. The van der Waals surface area contributed by atoms with E-state index in [0.717, 1.165) is 0 Å². The number of hydrogen-bond acceptors (Lipinski definition) is 0. The highest BCUT2D eigenvalue weighted by Crippen LogP contribution is 1.61. The van der Waals surface area contributed by atoms with Gasteiger partial charge in [-0.3, -0.25) is 0 Å². The Kier molecular flexibility index (Phi) is 24.3. The van der Waals surface area contributed by atoms with Crippen LogP contribution in [0.3, 0.4) is 0 Å². The standard InChI is InChI=1S/C3H8Si.C3H6/c1-2-3-4;1-3-2/h2H,1,3H2,4H3;3H,1H2,2H3. The highest BCUT2D eigenvalue weighted by molar-refractivity contribution is 6.09. The van der Waals surface area contributed by atoms with Crippen LogP contribution < -0.4 is 0 Å². The largest absolute Gasteiger partial charge is 0.103 e. The first-order valence-corrected chi connectivity index (χ1v) is 3.92. The van der Waals surface area contributed by atoms with Crippen molar-refractivity contribution >= 4 is 10.2 Å². The third kappa shape index (κ3) is 160. The third-order valence-corrected chi connectivity index (χ3v) is 0.866. The van der Waals surface area contributed by atoms with Gasteiger partial charge in [0.1, 0.15) is 0 Å². The zero-order chi connectivity index (χ0) is 6.12. The van der Waals surface area contributed by atoms with Crippen LogP contribution in [-0.2, 0) is 0 Å². The van der Waals surface area contributed by atoms with Gasteiger partial charge in [-0.05, 0) is 13.0 Å². The fraction of sp³-hybridized carbons (Fsp3) is 0.333. The Hall–Kier alpha value is -0.303. The molecule has 0 saturated heterocycles. The average molecular weight is 114 g/mol. The average Bonchev–Trinajstić information content (AvgIpc) is 1.69. The van der Waals surface area contributed by atoms with E-state index in [1.54, 1.807) is 6.08 Å². The first kappa shape index (κ1) is 9.85. The van der Waals surface area contributed by atoms with Crippen molar-refractivity contribution in [3.8, 4) is 0 Å². The van der Waals surface area contributed by atoms with Crippen molar-refractivity contribution in [2.75, 3.05) is 0 Å². The van der Waals surface area contributed by atoms with Crippen molar-refractivity contribution in [1.82, 2.24) is 0 Å². The minimum absolute atomic E-state index is 1.22. The van der Waals surface area contributed by atoms with E-state index in [-0.39, 0.29) is 0 Å². The third-order valence-electron chi connectivity index (χ3n) is 0.289. The van der Waals surface area contributed by atoms with Crippen molar-refractivity contribution in [2.24, 2.45) is 0 Å². The van der Waals surface area contributed by atoms with Gasteiger partial charge in [-0.1, -0.05) is 12.2 Å². The van der Waals surface area contributed by atoms with Crippen molar-refractivity contribution < 1.29 is 0 Å². The molecule has 42 valence electrons. The summed E-state index contributed by atoms with van der Waals surface area (Å²) in [5, 5.41) is 0. The summed E-state index contributed by atoms with van der Waals surface area (Å²) in [6, 6.07) is 1.22. The maximum absolute atomic E-state index is 3.51. The number of allylic oxidation sites excluding steroid dienone is 2. The van der Waals surface area contributed by atoms with Crippen molar-refractivity contribution in [3.63, 3.8) is 0 Å². The minimum atomic E-state index is 1.22. The fourth-order valence-electron chi connectivity index (χ4n) is 0. The van der Waals surface area contributed by atoms with Gasteiger partial charge in [-0.15, -0.1) is 13.2 Å². The highest BCUT2D eigenvalue weighted by atomic mass is 28.1. The van der Waals surface area contributed by atoms with E-state index in [2.05, 4.69) is 13.2 Å². The predicted molar refractivity (Wildman–Crippen MR) is 40.8 cm³/mol. The Labute approximate surface area is 49.4 Å². The SMILES string of the molecule is C=CC.C=CC[SiH3]. The van der Waals surface area contributed by atoms with Crippen LogP contribution in [-0.4, -0.2) is 10.2 Å². The first-order valence-electron chi connectivity index (χ1n) is 2.51. The lowest BCUT2D eigenvalue weighted by molar-refractivity contribution is 1.76. The Balaban J connectivity index is 0. The maximum Gasteiger partial charge on any atom is 0.00753 e. The summed E-state index contributed by atoms with van der Waals surface area (Å²) >= 11 is 0. The van der Waals surface area contributed by atoms with Crippen LogP contribution in [0.4, 0.5) is 0 Å². The second kappa shape index (κ2) is 17.3. The van der Waals surface area contributed by atoms with Crippen LogP contribution in [0.25, 0.3) is 0 Å². The molecule has 0 N–H and O–H groups in total. The van der Waals surface area contributed by atoms with Gasteiger partial charge in [0.25, 0.3) is 0 Å². The highest BCUT2D eigenvalue weighted by Gasteiger charge is 1.46. The van der Waals surface area contributed by atoms with Crippen molar-refractivity contribution in [2.45, 2.75) is 13.0 Å². The van der Waals surface area contributed by atoms with Crippen LogP contribution >= 0.6 is 0 Å².